The Morgan fingerprint density at radius 3 is 2.35 bits per heavy atom. The zero-order chi connectivity index (χ0) is 24.3. The van der Waals surface area contributed by atoms with Crippen LogP contribution in [-0.4, -0.2) is 69.2 Å². The summed E-state index contributed by atoms with van der Waals surface area (Å²) in [6, 6.07) is 7.74. The van der Waals surface area contributed by atoms with Crippen LogP contribution < -0.4 is 5.32 Å². The molecule has 0 unspecified atom stereocenters. The van der Waals surface area contributed by atoms with Gasteiger partial charge in [0.1, 0.15) is 10.7 Å². The van der Waals surface area contributed by atoms with Gasteiger partial charge >= 0.3 is 0 Å². The van der Waals surface area contributed by atoms with Crippen molar-refractivity contribution in [2.24, 2.45) is 10.3 Å². The van der Waals surface area contributed by atoms with Crippen molar-refractivity contribution < 1.29 is 13.2 Å². The van der Waals surface area contributed by atoms with Crippen LogP contribution >= 0.6 is 0 Å². The van der Waals surface area contributed by atoms with Gasteiger partial charge in [0, 0.05) is 31.1 Å². The van der Waals surface area contributed by atoms with Crippen LogP contribution in [0.3, 0.4) is 0 Å². The monoisotopic (exact) mass is 486 g/mol. The number of sulfonamides is 1. The Balaban J connectivity index is 1.33. The summed E-state index contributed by atoms with van der Waals surface area (Å²) in [7, 11) is -3.73. The standard InChI is InChI=1S/C26H38N4O3S/c1-19(2)21-7-9-22(10-8-21)24-20(3)25(28-34(24,32)33)30-17-11-23(12-18-30)26(31)27-13-6-16-29-14-4-5-15-29/h7-10,19,23H,4-6,11-18H2,1-3H3,(H,27,31). The average Bonchev–Trinajstić information content (AvgIpc) is 3.42. The van der Waals surface area contributed by atoms with E-state index < -0.39 is 10.0 Å². The number of carbonyl (C=O) groups excluding carboxylic acids is 1. The lowest BCUT2D eigenvalue weighted by Gasteiger charge is -2.33. The molecule has 0 atom stereocenters. The normalized spacial score (nSPS) is 21.4. The zero-order valence-electron chi connectivity index (χ0n) is 20.7. The molecule has 7 nitrogen and oxygen atoms in total. The largest absolute Gasteiger partial charge is 0.356 e. The van der Waals surface area contributed by atoms with E-state index in [1.807, 2.05) is 36.1 Å². The molecule has 0 saturated carbocycles. The number of nitrogens with one attached hydrogen (secondary N) is 1. The lowest BCUT2D eigenvalue weighted by Crippen LogP contribution is -2.43. The molecule has 34 heavy (non-hydrogen) atoms. The van der Waals surface area contributed by atoms with E-state index in [9.17, 15) is 13.2 Å². The SMILES string of the molecule is CC1=C(c2ccc(C(C)C)cc2)S(=O)(=O)N=C1N1CCC(C(=O)NCCCN2CCCC2)CC1. The van der Waals surface area contributed by atoms with Crippen molar-refractivity contribution in [2.75, 3.05) is 39.3 Å². The Kier molecular flexibility index (Phi) is 7.77. The summed E-state index contributed by atoms with van der Waals surface area (Å²) in [5.41, 5.74) is 2.56. The number of hydrogen-bond acceptors (Lipinski definition) is 5. The molecule has 1 amide bonds. The van der Waals surface area contributed by atoms with Gasteiger partial charge in [0.2, 0.25) is 5.91 Å². The van der Waals surface area contributed by atoms with Crippen molar-refractivity contribution in [3.63, 3.8) is 0 Å². The van der Waals surface area contributed by atoms with Gasteiger partial charge in [-0.15, -0.1) is 4.40 Å². The summed E-state index contributed by atoms with van der Waals surface area (Å²) in [5, 5.41) is 3.10. The topological polar surface area (TPSA) is 82.1 Å². The highest BCUT2D eigenvalue weighted by Crippen LogP contribution is 2.35. The van der Waals surface area contributed by atoms with Gasteiger partial charge in [-0.2, -0.15) is 8.42 Å². The zero-order valence-corrected chi connectivity index (χ0v) is 21.5. The van der Waals surface area contributed by atoms with Gasteiger partial charge in [-0.05, 0) is 75.7 Å². The van der Waals surface area contributed by atoms with E-state index in [1.54, 1.807) is 0 Å². The Morgan fingerprint density at radius 1 is 1.09 bits per heavy atom. The van der Waals surface area contributed by atoms with Crippen LogP contribution in [-0.2, 0) is 14.8 Å². The van der Waals surface area contributed by atoms with Crippen LogP contribution in [0.4, 0.5) is 0 Å². The Bertz CT molecular complexity index is 1050. The fourth-order valence-corrected chi connectivity index (χ4v) is 6.70. The molecule has 3 heterocycles. The van der Waals surface area contributed by atoms with E-state index >= 15 is 0 Å². The van der Waals surface area contributed by atoms with E-state index in [4.69, 9.17) is 0 Å². The molecule has 186 valence electrons. The van der Waals surface area contributed by atoms with E-state index in [1.165, 1.54) is 31.5 Å². The lowest BCUT2D eigenvalue weighted by molar-refractivity contribution is -0.126. The predicted molar refractivity (Wildman–Crippen MR) is 137 cm³/mol. The lowest BCUT2D eigenvalue weighted by atomic mass is 9.95. The molecule has 2 saturated heterocycles. The molecule has 0 radical (unpaired) electrons. The van der Waals surface area contributed by atoms with Gasteiger partial charge in [-0.3, -0.25) is 4.79 Å². The number of piperidine rings is 1. The van der Waals surface area contributed by atoms with Gasteiger partial charge in [0.05, 0.1) is 0 Å². The molecule has 0 spiro atoms. The summed E-state index contributed by atoms with van der Waals surface area (Å²) < 4.78 is 30.0. The quantitative estimate of drug-likeness (QED) is 0.596. The third-order valence-corrected chi connectivity index (χ3v) is 8.77. The number of hydrogen-bond donors (Lipinski definition) is 1. The van der Waals surface area contributed by atoms with Crippen molar-refractivity contribution in [1.29, 1.82) is 0 Å². The maximum Gasteiger partial charge on any atom is 0.285 e. The molecule has 1 aromatic carbocycles. The smallest absolute Gasteiger partial charge is 0.285 e. The molecular formula is C26H38N4O3S. The highest BCUT2D eigenvalue weighted by molar-refractivity contribution is 8.00. The van der Waals surface area contributed by atoms with Crippen LogP contribution in [0, 0.1) is 5.92 Å². The number of nitrogens with zero attached hydrogens (tertiary/aromatic N) is 3. The number of amides is 1. The Labute approximate surface area is 204 Å². The number of amidine groups is 1. The molecule has 0 aliphatic carbocycles. The molecular weight excluding hydrogens is 448 g/mol. The molecule has 8 heteroatoms. The Hall–Kier alpha value is -2.19. The first-order valence-electron chi connectivity index (χ1n) is 12.7. The number of likely N-dealkylation sites (tertiary alicyclic amines) is 2. The maximum absolute atomic E-state index is 12.9. The maximum atomic E-state index is 12.9. The van der Waals surface area contributed by atoms with Crippen LogP contribution in [0.5, 0.6) is 0 Å². The first-order chi connectivity index (χ1) is 16.3. The second-order valence-electron chi connectivity index (χ2n) is 10.1. The minimum atomic E-state index is -3.73. The highest BCUT2D eigenvalue weighted by Gasteiger charge is 2.35. The number of benzene rings is 1. The van der Waals surface area contributed by atoms with Gasteiger partial charge < -0.3 is 15.1 Å². The van der Waals surface area contributed by atoms with Crippen LogP contribution in [0.15, 0.2) is 34.2 Å². The molecule has 4 rings (SSSR count). The summed E-state index contributed by atoms with van der Waals surface area (Å²) in [4.78, 5) is 17.4. The molecule has 0 aromatic heterocycles. The molecule has 3 aliphatic heterocycles. The number of rotatable bonds is 7. The summed E-state index contributed by atoms with van der Waals surface area (Å²) in [5.74, 6) is 1.03. The molecule has 3 aliphatic rings. The van der Waals surface area contributed by atoms with E-state index in [0.29, 0.717) is 53.7 Å². The van der Waals surface area contributed by atoms with E-state index in [0.717, 1.165) is 19.5 Å². The predicted octanol–water partition coefficient (Wildman–Crippen LogP) is 3.60. The summed E-state index contributed by atoms with van der Waals surface area (Å²) >= 11 is 0. The molecule has 2 fully saturated rings. The summed E-state index contributed by atoms with van der Waals surface area (Å²) in [6.45, 7) is 11.5. The van der Waals surface area contributed by atoms with Crippen molar-refractivity contribution in [3.8, 4) is 0 Å². The van der Waals surface area contributed by atoms with Crippen LogP contribution in [0.2, 0.25) is 0 Å². The van der Waals surface area contributed by atoms with Crippen molar-refractivity contribution >= 4 is 26.7 Å². The van der Waals surface area contributed by atoms with E-state index in [-0.39, 0.29) is 11.8 Å². The van der Waals surface area contributed by atoms with Crippen LogP contribution in [0.25, 0.3) is 4.91 Å². The molecule has 1 aromatic rings. The van der Waals surface area contributed by atoms with Crippen molar-refractivity contribution in [1.82, 2.24) is 15.1 Å². The fourth-order valence-electron chi connectivity index (χ4n) is 5.22. The third kappa shape index (κ3) is 5.54. The number of carbonyl (C=O) groups is 1. The first-order valence-corrected chi connectivity index (χ1v) is 14.1. The van der Waals surface area contributed by atoms with Gasteiger partial charge in [0.15, 0.2) is 0 Å². The Morgan fingerprint density at radius 2 is 1.74 bits per heavy atom. The second-order valence-corrected chi connectivity index (χ2v) is 11.6. The highest BCUT2D eigenvalue weighted by atomic mass is 32.2. The van der Waals surface area contributed by atoms with Gasteiger partial charge in [-0.25, -0.2) is 0 Å². The van der Waals surface area contributed by atoms with Crippen molar-refractivity contribution in [3.05, 3.63) is 41.0 Å². The van der Waals surface area contributed by atoms with E-state index in [2.05, 4.69) is 28.5 Å². The van der Waals surface area contributed by atoms with Crippen LogP contribution in [0.1, 0.15) is 69.9 Å². The molecule has 0 bridgehead atoms. The first kappa shape index (κ1) is 24.9. The third-order valence-electron chi connectivity index (χ3n) is 7.29. The minimum Gasteiger partial charge on any atom is -0.356 e. The van der Waals surface area contributed by atoms with Gasteiger partial charge in [0.25, 0.3) is 10.0 Å². The second kappa shape index (κ2) is 10.6. The minimum absolute atomic E-state index is 0.0195. The molecule has 1 N–H and O–H groups in total. The fraction of sp³-hybridized carbons (Fsp3) is 0.615. The van der Waals surface area contributed by atoms with Gasteiger partial charge in [-0.1, -0.05) is 38.1 Å². The van der Waals surface area contributed by atoms with Crippen molar-refractivity contribution in [2.45, 2.75) is 58.8 Å². The average molecular weight is 487 g/mol. The summed E-state index contributed by atoms with van der Waals surface area (Å²) in [6.07, 6.45) is 4.99.